The van der Waals surface area contributed by atoms with Gasteiger partial charge in [-0.25, -0.2) is 4.98 Å². The number of benzene rings is 2. The zero-order valence-corrected chi connectivity index (χ0v) is 19.0. The predicted octanol–water partition coefficient (Wildman–Crippen LogP) is 7.36. The maximum absolute atomic E-state index is 13.6. The molecule has 2 N–H and O–H groups in total. The molecule has 0 saturated heterocycles. The predicted molar refractivity (Wildman–Crippen MR) is 125 cm³/mol. The summed E-state index contributed by atoms with van der Waals surface area (Å²) in [7, 11) is 0. The van der Waals surface area contributed by atoms with Crippen molar-refractivity contribution in [3.8, 4) is 5.75 Å². The van der Waals surface area contributed by atoms with Gasteiger partial charge in [0.1, 0.15) is 17.1 Å². The highest BCUT2D eigenvalue weighted by Gasteiger charge is 2.35. The molecule has 0 unspecified atom stereocenters. The van der Waals surface area contributed by atoms with E-state index in [4.69, 9.17) is 4.74 Å². The van der Waals surface area contributed by atoms with Gasteiger partial charge in [0, 0.05) is 23.6 Å². The highest BCUT2D eigenvalue weighted by molar-refractivity contribution is 5.64. The number of halogens is 3. The maximum Gasteiger partial charge on any atom is 0.421 e. The van der Waals surface area contributed by atoms with Gasteiger partial charge in [0.05, 0.1) is 6.61 Å². The molecule has 3 rings (SSSR count). The van der Waals surface area contributed by atoms with Crippen molar-refractivity contribution in [2.24, 2.45) is 5.92 Å². The Hall–Kier alpha value is -3.29. The Morgan fingerprint density at radius 2 is 1.76 bits per heavy atom. The van der Waals surface area contributed by atoms with Crippen molar-refractivity contribution in [3.63, 3.8) is 0 Å². The van der Waals surface area contributed by atoms with E-state index >= 15 is 0 Å². The van der Waals surface area contributed by atoms with Gasteiger partial charge in [-0.05, 0) is 48.6 Å². The fraction of sp³-hybridized carbons (Fsp3) is 0.360. The number of nitrogens with zero attached hydrogens (tertiary/aromatic N) is 2. The van der Waals surface area contributed by atoms with Crippen LogP contribution in [-0.4, -0.2) is 16.6 Å². The molecule has 0 aliphatic heterocycles. The maximum atomic E-state index is 13.6. The second-order valence-electron chi connectivity index (χ2n) is 8.23. The van der Waals surface area contributed by atoms with E-state index in [1.165, 1.54) is 5.56 Å². The number of anilines is 4. The average Bonchev–Trinajstić information content (AvgIpc) is 2.75. The van der Waals surface area contributed by atoms with E-state index in [0.717, 1.165) is 25.5 Å². The van der Waals surface area contributed by atoms with Crippen LogP contribution in [0, 0.1) is 5.92 Å². The van der Waals surface area contributed by atoms with E-state index in [2.05, 4.69) is 41.4 Å². The first kappa shape index (κ1) is 24.4. The van der Waals surface area contributed by atoms with Crippen molar-refractivity contribution >= 4 is 23.1 Å². The number of hydrogen-bond acceptors (Lipinski definition) is 5. The molecular weight excluding hydrogens is 429 g/mol. The SMILES string of the molecule is CCCCOc1cccc(Nc2nc(Nc3ccc(CC(C)C)cc3)ncc2C(F)(F)F)c1. The first-order valence-corrected chi connectivity index (χ1v) is 11.0. The molecular formula is C25H29F3N4O. The molecule has 3 aromatic rings. The second-order valence-corrected chi connectivity index (χ2v) is 8.23. The van der Waals surface area contributed by atoms with Gasteiger partial charge < -0.3 is 15.4 Å². The van der Waals surface area contributed by atoms with Gasteiger partial charge in [0.2, 0.25) is 5.95 Å². The molecule has 1 aromatic heterocycles. The quantitative estimate of drug-likeness (QED) is 0.311. The fourth-order valence-corrected chi connectivity index (χ4v) is 3.20. The highest BCUT2D eigenvalue weighted by Crippen LogP contribution is 2.35. The van der Waals surface area contributed by atoms with Crippen LogP contribution in [0.5, 0.6) is 5.75 Å². The van der Waals surface area contributed by atoms with Crippen LogP contribution in [0.3, 0.4) is 0 Å². The minimum atomic E-state index is -4.60. The van der Waals surface area contributed by atoms with E-state index in [1.807, 2.05) is 24.3 Å². The third kappa shape index (κ3) is 7.37. The molecule has 0 amide bonds. The van der Waals surface area contributed by atoms with Crippen molar-refractivity contribution in [3.05, 3.63) is 65.9 Å². The molecule has 1 heterocycles. The Balaban J connectivity index is 1.81. The Kier molecular flexibility index (Phi) is 8.14. The van der Waals surface area contributed by atoms with Gasteiger partial charge in [0.25, 0.3) is 0 Å². The minimum Gasteiger partial charge on any atom is -0.494 e. The molecule has 0 radical (unpaired) electrons. The highest BCUT2D eigenvalue weighted by atomic mass is 19.4. The number of rotatable bonds is 10. The van der Waals surface area contributed by atoms with E-state index in [0.29, 0.717) is 29.6 Å². The second kappa shape index (κ2) is 11.0. The lowest BCUT2D eigenvalue weighted by molar-refractivity contribution is -0.137. The first-order chi connectivity index (χ1) is 15.7. The topological polar surface area (TPSA) is 59.1 Å². The van der Waals surface area contributed by atoms with Crippen LogP contribution >= 0.6 is 0 Å². The van der Waals surface area contributed by atoms with Crippen LogP contribution in [0.2, 0.25) is 0 Å². The molecule has 0 aliphatic rings. The lowest BCUT2D eigenvalue weighted by Crippen LogP contribution is -2.12. The number of ether oxygens (including phenoxy) is 1. The summed E-state index contributed by atoms with van der Waals surface area (Å²) >= 11 is 0. The molecule has 0 fully saturated rings. The summed E-state index contributed by atoms with van der Waals surface area (Å²) in [6.45, 7) is 6.89. The summed E-state index contributed by atoms with van der Waals surface area (Å²) in [6, 6.07) is 14.5. The Morgan fingerprint density at radius 3 is 2.42 bits per heavy atom. The summed E-state index contributed by atoms with van der Waals surface area (Å²) in [6.07, 6.45) is -0.980. The van der Waals surface area contributed by atoms with Crippen LogP contribution in [0.15, 0.2) is 54.7 Å². The smallest absolute Gasteiger partial charge is 0.421 e. The molecule has 2 aromatic carbocycles. The first-order valence-electron chi connectivity index (χ1n) is 11.0. The van der Waals surface area contributed by atoms with E-state index < -0.39 is 11.7 Å². The summed E-state index contributed by atoms with van der Waals surface area (Å²) in [5.74, 6) is 0.849. The lowest BCUT2D eigenvalue weighted by Gasteiger charge is -2.15. The van der Waals surface area contributed by atoms with Gasteiger partial charge in [-0.3, -0.25) is 0 Å². The van der Waals surface area contributed by atoms with Gasteiger partial charge in [0.15, 0.2) is 0 Å². The standard InChI is InChI=1S/C25H29F3N4O/c1-4-5-13-33-21-8-6-7-20(15-21)30-23-22(25(26,27)28)16-29-24(32-23)31-19-11-9-18(10-12-19)14-17(2)3/h6-12,15-17H,4-5,13-14H2,1-3H3,(H2,29,30,31,32). The Morgan fingerprint density at radius 1 is 1.00 bits per heavy atom. The van der Waals surface area contributed by atoms with Gasteiger partial charge in [-0.1, -0.05) is 45.4 Å². The van der Waals surface area contributed by atoms with Crippen molar-refractivity contribution in [2.45, 2.75) is 46.2 Å². The van der Waals surface area contributed by atoms with Crippen molar-refractivity contribution in [2.75, 3.05) is 17.2 Å². The summed E-state index contributed by atoms with van der Waals surface area (Å²) < 4.78 is 46.4. The third-order valence-electron chi connectivity index (χ3n) is 4.81. The fourth-order valence-electron chi connectivity index (χ4n) is 3.20. The Bertz CT molecular complexity index is 1040. The molecule has 5 nitrogen and oxygen atoms in total. The van der Waals surface area contributed by atoms with E-state index in [-0.39, 0.29) is 11.8 Å². The lowest BCUT2D eigenvalue weighted by atomic mass is 10.0. The van der Waals surface area contributed by atoms with Gasteiger partial charge in [-0.15, -0.1) is 0 Å². The van der Waals surface area contributed by atoms with Crippen molar-refractivity contribution < 1.29 is 17.9 Å². The number of aromatic nitrogens is 2. The molecule has 176 valence electrons. The number of hydrogen-bond donors (Lipinski definition) is 2. The van der Waals surface area contributed by atoms with Crippen LogP contribution in [0.4, 0.5) is 36.3 Å². The number of unbranched alkanes of at least 4 members (excludes halogenated alkanes) is 1. The van der Waals surface area contributed by atoms with Gasteiger partial charge >= 0.3 is 6.18 Å². The molecule has 0 atom stereocenters. The number of alkyl halides is 3. The number of nitrogens with one attached hydrogen (secondary N) is 2. The minimum absolute atomic E-state index is 0.0671. The van der Waals surface area contributed by atoms with Crippen LogP contribution < -0.4 is 15.4 Å². The molecule has 33 heavy (non-hydrogen) atoms. The molecule has 8 heteroatoms. The zero-order valence-electron chi connectivity index (χ0n) is 19.0. The van der Waals surface area contributed by atoms with Crippen LogP contribution in [-0.2, 0) is 12.6 Å². The molecule has 0 aliphatic carbocycles. The van der Waals surface area contributed by atoms with Crippen molar-refractivity contribution in [1.82, 2.24) is 9.97 Å². The average molecular weight is 459 g/mol. The van der Waals surface area contributed by atoms with Crippen LogP contribution in [0.1, 0.15) is 44.7 Å². The summed E-state index contributed by atoms with van der Waals surface area (Å²) in [5.41, 5.74) is 1.38. The monoisotopic (exact) mass is 458 g/mol. The van der Waals surface area contributed by atoms with E-state index in [1.54, 1.807) is 24.3 Å². The molecule has 0 spiro atoms. The molecule has 0 bridgehead atoms. The normalized spacial score (nSPS) is 11.5. The van der Waals surface area contributed by atoms with Gasteiger partial charge in [-0.2, -0.15) is 18.2 Å². The summed E-state index contributed by atoms with van der Waals surface area (Å²) in [4.78, 5) is 7.99. The zero-order chi connectivity index (χ0) is 23.8. The van der Waals surface area contributed by atoms with Crippen LogP contribution in [0.25, 0.3) is 0 Å². The molecule has 0 saturated carbocycles. The third-order valence-corrected chi connectivity index (χ3v) is 4.81. The Labute approximate surface area is 192 Å². The van der Waals surface area contributed by atoms with E-state index in [9.17, 15) is 13.2 Å². The largest absolute Gasteiger partial charge is 0.494 e. The summed E-state index contributed by atoms with van der Waals surface area (Å²) in [5, 5.41) is 5.76. The van der Waals surface area contributed by atoms with Crippen molar-refractivity contribution in [1.29, 1.82) is 0 Å².